The lowest BCUT2D eigenvalue weighted by molar-refractivity contribution is -0.160. The van der Waals surface area contributed by atoms with Gasteiger partial charge in [0.25, 0.3) is 0 Å². The van der Waals surface area contributed by atoms with E-state index in [9.17, 15) is 23.8 Å². The lowest BCUT2D eigenvalue weighted by Crippen LogP contribution is -2.34. The van der Waals surface area contributed by atoms with Crippen LogP contribution < -0.4 is 5.73 Å². The Morgan fingerprint density at radius 1 is 0.763 bits per heavy atom. The first-order valence-electron chi connectivity index (χ1n) is 14.0. The predicted octanol–water partition coefficient (Wildman–Crippen LogP) is 5.27. The van der Waals surface area contributed by atoms with Crippen molar-refractivity contribution in [2.45, 2.75) is 129 Å². The zero-order chi connectivity index (χ0) is 28.7. The van der Waals surface area contributed by atoms with Crippen molar-refractivity contribution in [1.82, 2.24) is 0 Å². The Bertz CT molecular complexity index is 691. The van der Waals surface area contributed by atoms with E-state index in [1.165, 1.54) is 77.6 Å². The quantitative estimate of drug-likeness (QED) is 0.0706. The first kappa shape index (κ1) is 36.5. The average molecular weight is 568 g/mol. The fraction of sp³-hybridized carbons (Fsp3) is 0.885. The SMILES string of the molecule is CCCCCCCCCCCCCCCCCC(=O)OC(COC(C)=O)COP(=O)(O)OCC(N)C(=O)O. The zero-order valence-corrected chi connectivity index (χ0v) is 24.2. The minimum atomic E-state index is -4.66. The molecule has 0 aliphatic rings. The maximum atomic E-state index is 12.2. The molecule has 3 atom stereocenters. The van der Waals surface area contributed by atoms with Gasteiger partial charge in [-0.15, -0.1) is 0 Å². The summed E-state index contributed by atoms with van der Waals surface area (Å²) in [4.78, 5) is 43.6. The molecule has 0 aliphatic heterocycles. The average Bonchev–Trinajstić information content (AvgIpc) is 2.86. The standard InChI is InChI=1S/C26H50NO10P/c1-3-4-5-6-7-8-9-10-11-12-13-14-15-16-17-18-25(29)37-23(19-34-22(2)28)20-35-38(32,33)36-21-24(27)26(30)31/h23-24H,3-21,27H2,1-2H3,(H,30,31)(H,32,33). The van der Waals surface area contributed by atoms with Crippen molar-refractivity contribution >= 4 is 25.7 Å². The molecule has 0 bridgehead atoms. The molecule has 0 rings (SSSR count). The highest BCUT2D eigenvalue weighted by molar-refractivity contribution is 7.47. The Kier molecular flexibility index (Phi) is 22.4. The summed E-state index contributed by atoms with van der Waals surface area (Å²) in [5.74, 6) is -2.57. The lowest BCUT2D eigenvalue weighted by Gasteiger charge is -2.20. The molecule has 38 heavy (non-hydrogen) atoms. The summed E-state index contributed by atoms with van der Waals surface area (Å²) in [6, 6.07) is -1.51. The van der Waals surface area contributed by atoms with Crippen LogP contribution in [0.1, 0.15) is 117 Å². The van der Waals surface area contributed by atoms with E-state index in [1.807, 2.05) is 0 Å². The molecule has 4 N–H and O–H groups in total. The number of rotatable bonds is 26. The van der Waals surface area contributed by atoms with Crippen LogP contribution in [-0.2, 0) is 37.5 Å². The number of carbonyl (C=O) groups is 3. The second kappa shape index (κ2) is 23.4. The van der Waals surface area contributed by atoms with Gasteiger partial charge in [-0.3, -0.25) is 23.4 Å². The van der Waals surface area contributed by atoms with Crippen molar-refractivity contribution in [1.29, 1.82) is 0 Å². The summed E-state index contributed by atoms with van der Waals surface area (Å²) >= 11 is 0. The van der Waals surface area contributed by atoms with E-state index in [2.05, 4.69) is 11.4 Å². The van der Waals surface area contributed by atoms with Gasteiger partial charge in [-0.25, -0.2) is 4.57 Å². The molecule has 11 nitrogen and oxygen atoms in total. The largest absolute Gasteiger partial charge is 0.480 e. The number of phosphoric acid groups is 1. The number of carbonyl (C=O) groups excluding carboxylic acids is 2. The molecular formula is C26H50NO10P. The summed E-state index contributed by atoms with van der Waals surface area (Å²) in [6.07, 6.45) is 17.2. The third-order valence-electron chi connectivity index (χ3n) is 5.91. The van der Waals surface area contributed by atoms with Crippen LogP contribution in [0.15, 0.2) is 0 Å². The van der Waals surface area contributed by atoms with Gasteiger partial charge in [0.1, 0.15) is 12.6 Å². The Morgan fingerprint density at radius 2 is 1.21 bits per heavy atom. The monoisotopic (exact) mass is 567 g/mol. The van der Waals surface area contributed by atoms with Gasteiger partial charge in [-0.05, 0) is 6.42 Å². The molecule has 0 aromatic rings. The summed E-state index contributed by atoms with van der Waals surface area (Å²) in [7, 11) is -4.66. The number of hydrogen-bond donors (Lipinski definition) is 3. The molecule has 0 spiro atoms. The minimum Gasteiger partial charge on any atom is -0.480 e. The second-order valence-corrected chi connectivity index (χ2v) is 11.1. The van der Waals surface area contributed by atoms with Crippen LogP contribution in [-0.4, -0.2) is 59.9 Å². The molecular weight excluding hydrogens is 517 g/mol. The number of carboxylic acids is 1. The second-order valence-electron chi connectivity index (χ2n) is 9.62. The topological polar surface area (TPSA) is 172 Å². The van der Waals surface area contributed by atoms with Crippen molar-refractivity contribution in [2.24, 2.45) is 5.73 Å². The molecule has 0 saturated heterocycles. The van der Waals surface area contributed by atoms with Gasteiger partial charge in [0.15, 0.2) is 6.10 Å². The number of carboxylic acid groups (broad SMARTS) is 1. The van der Waals surface area contributed by atoms with Crippen molar-refractivity contribution < 1.29 is 47.5 Å². The van der Waals surface area contributed by atoms with Crippen LogP contribution in [0.4, 0.5) is 0 Å². The number of phosphoric ester groups is 1. The van der Waals surface area contributed by atoms with Crippen LogP contribution in [0, 0.1) is 0 Å². The smallest absolute Gasteiger partial charge is 0.472 e. The molecule has 3 unspecified atom stereocenters. The maximum Gasteiger partial charge on any atom is 0.472 e. The zero-order valence-electron chi connectivity index (χ0n) is 23.3. The summed E-state index contributed by atoms with van der Waals surface area (Å²) in [5.41, 5.74) is 5.22. The molecule has 12 heteroatoms. The van der Waals surface area contributed by atoms with Crippen LogP contribution >= 0.6 is 7.82 Å². The molecule has 0 fully saturated rings. The van der Waals surface area contributed by atoms with Gasteiger partial charge in [-0.1, -0.05) is 96.8 Å². The lowest BCUT2D eigenvalue weighted by atomic mass is 10.0. The summed E-state index contributed by atoms with van der Waals surface area (Å²) in [5, 5.41) is 8.70. The van der Waals surface area contributed by atoms with Crippen LogP contribution in [0.3, 0.4) is 0 Å². The third kappa shape index (κ3) is 23.6. The van der Waals surface area contributed by atoms with Gasteiger partial charge in [0, 0.05) is 13.3 Å². The van der Waals surface area contributed by atoms with Gasteiger partial charge in [-0.2, -0.15) is 0 Å². The highest BCUT2D eigenvalue weighted by atomic mass is 31.2. The normalized spacial score (nSPS) is 14.4. The summed E-state index contributed by atoms with van der Waals surface area (Å²) in [6.45, 7) is 1.70. The number of esters is 2. The molecule has 224 valence electrons. The number of aliphatic carboxylic acids is 1. The predicted molar refractivity (Wildman–Crippen MR) is 143 cm³/mol. The Hall–Kier alpha value is -1.52. The van der Waals surface area contributed by atoms with Gasteiger partial charge in [0.05, 0.1) is 13.2 Å². The Labute approximate surface area is 227 Å². The molecule has 0 radical (unpaired) electrons. The van der Waals surface area contributed by atoms with Crippen LogP contribution in [0.2, 0.25) is 0 Å². The van der Waals surface area contributed by atoms with Gasteiger partial charge >= 0.3 is 25.7 Å². The Morgan fingerprint density at radius 3 is 1.66 bits per heavy atom. The molecule has 0 aromatic carbocycles. The summed E-state index contributed by atoms with van der Waals surface area (Å²) < 4.78 is 31.3. The fourth-order valence-corrected chi connectivity index (χ4v) is 4.45. The fourth-order valence-electron chi connectivity index (χ4n) is 3.67. The van der Waals surface area contributed by atoms with Crippen molar-refractivity contribution in [3.63, 3.8) is 0 Å². The van der Waals surface area contributed by atoms with E-state index in [4.69, 9.17) is 24.8 Å². The molecule has 0 saturated carbocycles. The number of unbranched alkanes of at least 4 members (excludes halogenated alkanes) is 14. The molecule has 0 aromatic heterocycles. The van der Waals surface area contributed by atoms with E-state index < -0.39 is 51.1 Å². The Balaban J connectivity index is 4.02. The minimum absolute atomic E-state index is 0.162. The van der Waals surface area contributed by atoms with E-state index in [-0.39, 0.29) is 13.0 Å². The highest BCUT2D eigenvalue weighted by Gasteiger charge is 2.27. The van der Waals surface area contributed by atoms with Crippen molar-refractivity contribution in [2.75, 3.05) is 19.8 Å². The van der Waals surface area contributed by atoms with Crippen molar-refractivity contribution in [3.8, 4) is 0 Å². The first-order chi connectivity index (χ1) is 18.1. The molecule has 0 amide bonds. The number of ether oxygens (including phenoxy) is 2. The van der Waals surface area contributed by atoms with E-state index in [1.54, 1.807) is 0 Å². The van der Waals surface area contributed by atoms with E-state index in [0.717, 1.165) is 19.3 Å². The van der Waals surface area contributed by atoms with Gasteiger partial charge < -0.3 is 25.2 Å². The van der Waals surface area contributed by atoms with E-state index in [0.29, 0.717) is 6.42 Å². The number of nitrogens with two attached hydrogens (primary N) is 1. The van der Waals surface area contributed by atoms with Crippen LogP contribution in [0.5, 0.6) is 0 Å². The molecule has 0 heterocycles. The third-order valence-corrected chi connectivity index (χ3v) is 6.86. The highest BCUT2D eigenvalue weighted by Crippen LogP contribution is 2.43. The van der Waals surface area contributed by atoms with Crippen LogP contribution in [0.25, 0.3) is 0 Å². The first-order valence-corrected chi connectivity index (χ1v) is 15.5. The van der Waals surface area contributed by atoms with Crippen molar-refractivity contribution in [3.05, 3.63) is 0 Å². The molecule has 0 aliphatic carbocycles. The van der Waals surface area contributed by atoms with E-state index >= 15 is 0 Å². The van der Waals surface area contributed by atoms with Gasteiger partial charge in [0.2, 0.25) is 0 Å². The number of hydrogen-bond acceptors (Lipinski definition) is 9. The maximum absolute atomic E-state index is 12.2.